The van der Waals surface area contributed by atoms with Crippen molar-refractivity contribution < 1.29 is 4.74 Å². The van der Waals surface area contributed by atoms with Crippen LogP contribution in [0.2, 0.25) is 5.02 Å². The van der Waals surface area contributed by atoms with Gasteiger partial charge in [-0.1, -0.05) is 23.7 Å². The zero-order valence-corrected chi connectivity index (χ0v) is 16.6. The van der Waals surface area contributed by atoms with Crippen LogP contribution in [0.3, 0.4) is 0 Å². The molecule has 1 aromatic carbocycles. The number of halogens is 1. The van der Waals surface area contributed by atoms with Crippen LogP contribution in [-0.4, -0.2) is 57.3 Å². The highest BCUT2D eigenvalue weighted by atomic mass is 35.5. The number of piperidine rings is 1. The summed E-state index contributed by atoms with van der Waals surface area (Å²) in [5.41, 5.74) is 1.30. The van der Waals surface area contributed by atoms with Gasteiger partial charge in [-0.15, -0.1) is 0 Å². The molecule has 144 valence electrons. The Labute approximate surface area is 162 Å². The summed E-state index contributed by atoms with van der Waals surface area (Å²) in [6.07, 6.45) is 5.04. The van der Waals surface area contributed by atoms with E-state index >= 15 is 0 Å². The summed E-state index contributed by atoms with van der Waals surface area (Å²) < 4.78 is 5.68. The van der Waals surface area contributed by atoms with Gasteiger partial charge in [0.15, 0.2) is 5.96 Å². The second kappa shape index (κ2) is 9.58. The van der Waals surface area contributed by atoms with E-state index in [-0.39, 0.29) is 0 Å². The molecule has 3 atom stereocenters. The van der Waals surface area contributed by atoms with Crippen molar-refractivity contribution in [3.8, 4) is 0 Å². The molecule has 0 radical (unpaired) electrons. The first-order valence-corrected chi connectivity index (χ1v) is 10.1. The van der Waals surface area contributed by atoms with Gasteiger partial charge in [0, 0.05) is 37.8 Å². The van der Waals surface area contributed by atoms with E-state index in [1.54, 1.807) is 0 Å². The zero-order chi connectivity index (χ0) is 18.4. The van der Waals surface area contributed by atoms with Gasteiger partial charge in [0.05, 0.1) is 6.10 Å². The highest BCUT2D eigenvalue weighted by Crippen LogP contribution is 2.35. The van der Waals surface area contributed by atoms with E-state index in [4.69, 9.17) is 16.3 Å². The average molecular weight is 379 g/mol. The summed E-state index contributed by atoms with van der Waals surface area (Å²) in [7, 11) is 4.04. The lowest BCUT2D eigenvalue weighted by Gasteiger charge is -2.40. The number of guanidine groups is 1. The summed E-state index contributed by atoms with van der Waals surface area (Å²) in [6, 6.07) is 8.66. The normalized spacial score (nSPS) is 27.5. The molecule has 6 heteroatoms. The fourth-order valence-corrected chi connectivity index (χ4v) is 4.35. The quantitative estimate of drug-likeness (QED) is 0.610. The lowest BCUT2D eigenvalue weighted by Crippen LogP contribution is -2.46. The standard InChI is InChI=1S/C20H31ClN4O/c1-22-20(24-14-18-9-5-11-26-18)23-13-16-7-4-10-25(2)19(16)15-6-3-8-17(21)12-15/h3,6,8,12,16,18-19H,4-5,7,9-11,13-14H2,1-2H3,(H2,22,23,24). The van der Waals surface area contributed by atoms with Crippen molar-refractivity contribution in [2.45, 2.75) is 37.8 Å². The minimum Gasteiger partial charge on any atom is -0.376 e. The van der Waals surface area contributed by atoms with E-state index in [1.165, 1.54) is 18.4 Å². The van der Waals surface area contributed by atoms with Gasteiger partial charge in [0.25, 0.3) is 0 Å². The highest BCUT2D eigenvalue weighted by Gasteiger charge is 2.30. The minimum absolute atomic E-state index is 0.313. The van der Waals surface area contributed by atoms with E-state index in [2.05, 4.69) is 39.7 Å². The smallest absolute Gasteiger partial charge is 0.191 e. The monoisotopic (exact) mass is 378 g/mol. The van der Waals surface area contributed by atoms with Crippen LogP contribution >= 0.6 is 11.6 Å². The number of nitrogens with one attached hydrogen (secondary N) is 2. The van der Waals surface area contributed by atoms with Crippen LogP contribution in [-0.2, 0) is 4.74 Å². The van der Waals surface area contributed by atoms with E-state index in [1.807, 2.05) is 19.2 Å². The molecule has 0 amide bonds. The van der Waals surface area contributed by atoms with Gasteiger partial charge in [-0.3, -0.25) is 9.89 Å². The number of rotatable bonds is 5. The molecule has 0 saturated carbocycles. The average Bonchev–Trinajstić information content (AvgIpc) is 3.15. The molecule has 0 spiro atoms. The van der Waals surface area contributed by atoms with Crippen molar-refractivity contribution in [2.24, 2.45) is 10.9 Å². The Kier molecular flexibility index (Phi) is 7.17. The Bertz CT molecular complexity index is 603. The number of ether oxygens (including phenoxy) is 1. The number of hydrogen-bond acceptors (Lipinski definition) is 3. The Hall–Kier alpha value is -1.30. The first kappa shape index (κ1) is 19.5. The first-order chi connectivity index (χ1) is 12.7. The largest absolute Gasteiger partial charge is 0.376 e. The Morgan fingerprint density at radius 2 is 2.12 bits per heavy atom. The van der Waals surface area contributed by atoms with Crippen molar-refractivity contribution in [1.82, 2.24) is 15.5 Å². The molecule has 5 nitrogen and oxygen atoms in total. The van der Waals surface area contributed by atoms with Gasteiger partial charge >= 0.3 is 0 Å². The maximum absolute atomic E-state index is 6.24. The molecule has 2 heterocycles. The molecule has 2 aliphatic rings. The van der Waals surface area contributed by atoms with E-state index < -0.39 is 0 Å². The van der Waals surface area contributed by atoms with Crippen LogP contribution in [0.1, 0.15) is 37.3 Å². The minimum atomic E-state index is 0.313. The van der Waals surface area contributed by atoms with E-state index in [9.17, 15) is 0 Å². The van der Waals surface area contributed by atoms with Gasteiger partial charge in [-0.05, 0) is 62.9 Å². The fourth-order valence-electron chi connectivity index (χ4n) is 4.15. The van der Waals surface area contributed by atoms with Crippen LogP contribution < -0.4 is 10.6 Å². The van der Waals surface area contributed by atoms with Gasteiger partial charge in [-0.25, -0.2) is 0 Å². The summed E-state index contributed by atoms with van der Waals surface area (Å²) in [5.74, 6) is 1.38. The molecular formula is C20H31ClN4O. The van der Waals surface area contributed by atoms with Crippen LogP contribution in [0.25, 0.3) is 0 Å². The molecule has 26 heavy (non-hydrogen) atoms. The topological polar surface area (TPSA) is 48.9 Å². The molecule has 2 saturated heterocycles. The Morgan fingerprint density at radius 1 is 1.27 bits per heavy atom. The van der Waals surface area contributed by atoms with Crippen LogP contribution in [0.4, 0.5) is 0 Å². The molecule has 3 rings (SSSR count). The summed E-state index contributed by atoms with van der Waals surface area (Å²) in [6.45, 7) is 3.72. The number of nitrogens with zero attached hydrogens (tertiary/aromatic N) is 2. The number of aliphatic imine (C=N–C) groups is 1. The molecule has 3 unspecified atom stereocenters. The molecule has 0 aromatic heterocycles. The molecule has 0 bridgehead atoms. The third-order valence-corrected chi connectivity index (χ3v) is 5.71. The predicted molar refractivity (Wildman–Crippen MR) is 108 cm³/mol. The van der Waals surface area contributed by atoms with Crippen molar-refractivity contribution in [2.75, 3.05) is 40.3 Å². The molecule has 2 aliphatic heterocycles. The van der Waals surface area contributed by atoms with E-state index in [0.29, 0.717) is 18.1 Å². The Balaban J connectivity index is 1.58. The summed E-state index contributed by atoms with van der Waals surface area (Å²) in [5, 5.41) is 7.73. The maximum Gasteiger partial charge on any atom is 0.191 e. The lowest BCUT2D eigenvalue weighted by atomic mass is 9.85. The molecular weight excluding hydrogens is 348 g/mol. The third-order valence-electron chi connectivity index (χ3n) is 5.47. The van der Waals surface area contributed by atoms with E-state index in [0.717, 1.165) is 50.1 Å². The van der Waals surface area contributed by atoms with Gasteiger partial charge in [0.1, 0.15) is 0 Å². The molecule has 0 aliphatic carbocycles. The van der Waals surface area contributed by atoms with Crippen molar-refractivity contribution >= 4 is 17.6 Å². The number of benzene rings is 1. The zero-order valence-electron chi connectivity index (χ0n) is 15.9. The van der Waals surface area contributed by atoms with Gasteiger partial charge in [0.2, 0.25) is 0 Å². The summed E-state index contributed by atoms with van der Waals surface area (Å²) in [4.78, 5) is 6.82. The SMILES string of the molecule is CN=C(NCC1CCCO1)NCC1CCCN(C)C1c1cccc(Cl)c1. The molecule has 2 N–H and O–H groups in total. The summed E-state index contributed by atoms with van der Waals surface area (Å²) >= 11 is 6.24. The fraction of sp³-hybridized carbons (Fsp3) is 0.650. The van der Waals surface area contributed by atoms with Crippen LogP contribution in [0.5, 0.6) is 0 Å². The third kappa shape index (κ3) is 5.12. The van der Waals surface area contributed by atoms with Gasteiger partial charge in [-0.2, -0.15) is 0 Å². The van der Waals surface area contributed by atoms with Crippen LogP contribution in [0, 0.1) is 5.92 Å². The lowest BCUT2D eigenvalue weighted by molar-refractivity contribution is 0.113. The van der Waals surface area contributed by atoms with Crippen molar-refractivity contribution in [1.29, 1.82) is 0 Å². The number of hydrogen-bond donors (Lipinski definition) is 2. The molecule has 2 fully saturated rings. The molecule has 1 aromatic rings. The Morgan fingerprint density at radius 3 is 2.85 bits per heavy atom. The van der Waals surface area contributed by atoms with Crippen molar-refractivity contribution in [3.63, 3.8) is 0 Å². The van der Waals surface area contributed by atoms with Crippen molar-refractivity contribution in [3.05, 3.63) is 34.9 Å². The highest BCUT2D eigenvalue weighted by molar-refractivity contribution is 6.30. The second-order valence-electron chi connectivity index (χ2n) is 7.35. The van der Waals surface area contributed by atoms with Crippen LogP contribution in [0.15, 0.2) is 29.3 Å². The second-order valence-corrected chi connectivity index (χ2v) is 7.79. The maximum atomic E-state index is 6.24. The number of likely N-dealkylation sites (tertiary alicyclic amines) is 1. The van der Waals surface area contributed by atoms with Gasteiger partial charge < -0.3 is 15.4 Å². The predicted octanol–water partition coefficient (Wildman–Crippen LogP) is 3.07. The first-order valence-electron chi connectivity index (χ1n) is 9.69.